The zero-order valence-electron chi connectivity index (χ0n) is 8.56. The Morgan fingerprint density at radius 2 is 2.00 bits per heavy atom. The molecule has 1 aromatic heterocycles. The molecule has 78 valence electrons. The molecule has 4 atom stereocenters. The minimum Gasteiger partial charge on any atom is -0.472 e. The maximum Gasteiger partial charge on any atom is 0.169 e. The Morgan fingerprint density at radius 1 is 1.27 bits per heavy atom. The first kappa shape index (κ1) is 8.14. The molecule has 0 aromatic carbocycles. The molecule has 4 rings (SSSR count). The lowest BCUT2D eigenvalue weighted by molar-refractivity contribution is 0.0944. The summed E-state index contributed by atoms with van der Waals surface area (Å²) < 4.78 is 4.98. The smallest absolute Gasteiger partial charge is 0.169 e. The van der Waals surface area contributed by atoms with Crippen LogP contribution >= 0.6 is 0 Å². The first-order valence-electron chi connectivity index (χ1n) is 5.92. The van der Waals surface area contributed by atoms with E-state index in [2.05, 4.69) is 0 Å². The minimum absolute atomic E-state index is 0.343. The summed E-state index contributed by atoms with van der Waals surface area (Å²) in [6, 6.07) is 1.80. The molecule has 0 aliphatic heterocycles. The summed E-state index contributed by atoms with van der Waals surface area (Å²) in [6.45, 7) is 0. The average molecular weight is 202 g/mol. The molecule has 0 spiro atoms. The van der Waals surface area contributed by atoms with Crippen LogP contribution in [-0.2, 0) is 0 Å². The van der Waals surface area contributed by atoms with Gasteiger partial charge < -0.3 is 4.42 Å². The molecule has 3 fully saturated rings. The van der Waals surface area contributed by atoms with Crippen molar-refractivity contribution >= 4 is 5.78 Å². The molecule has 0 radical (unpaired) electrons. The second-order valence-corrected chi connectivity index (χ2v) is 5.39. The predicted molar refractivity (Wildman–Crippen MR) is 54.3 cm³/mol. The molecule has 1 heterocycles. The molecule has 1 aromatic rings. The summed E-state index contributed by atoms with van der Waals surface area (Å²) in [5, 5.41) is 0. The second kappa shape index (κ2) is 2.55. The van der Waals surface area contributed by atoms with Gasteiger partial charge in [-0.3, -0.25) is 4.79 Å². The fourth-order valence-corrected chi connectivity index (χ4v) is 4.27. The van der Waals surface area contributed by atoms with Crippen LogP contribution in [0.15, 0.2) is 23.0 Å². The summed E-state index contributed by atoms with van der Waals surface area (Å²) in [4.78, 5) is 12.1. The van der Waals surface area contributed by atoms with E-state index in [-0.39, 0.29) is 0 Å². The third kappa shape index (κ3) is 0.926. The minimum atomic E-state index is 0.343. The molecule has 3 aliphatic carbocycles. The number of hydrogen-bond donors (Lipinski definition) is 0. The van der Waals surface area contributed by atoms with Crippen LogP contribution in [0.2, 0.25) is 0 Å². The third-order valence-electron chi connectivity index (χ3n) is 4.84. The van der Waals surface area contributed by atoms with Gasteiger partial charge in [0.25, 0.3) is 0 Å². The van der Waals surface area contributed by atoms with Gasteiger partial charge in [-0.2, -0.15) is 0 Å². The molecule has 3 aliphatic rings. The standard InChI is InChI=1S/C13H14O2/c14-13(9-3-4-15-6-9)12-10-7-1-2-8(5-7)11(10)12/h3-4,6-8,10-12H,1-2,5H2. The number of fused-ring (bicyclic) bond motifs is 5. The molecule has 2 bridgehead atoms. The molecule has 0 saturated heterocycles. The van der Waals surface area contributed by atoms with Crippen molar-refractivity contribution in [2.24, 2.45) is 29.6 Å². The maximum absolute atomic E-state index is 12.1. The number of Topliss-reactive ketones (excluding diaryl/α,β-unsaturated/α-hetero) is 1. The summed E-state index contributed by atoms with van der Waals surface area (Å²) in [5.74, 6) is 3.93. The van der Waals surface area contributed by atoms with Gasteiger partial charge in [-0.15, -0.1) is 0 Å². The van der Waals surface area contributed by atoms with Crippen LogP contribution in [0.25, 0.3) is 0 Å². The van der Waals surface area contributed by atoms with Crippen molar-refractivity contribution in [1.82, 2.24) is 0 Å². The fourth-order valence-electron chi connectivity index (χ4n) is 4.27. The van der Waals surface area contributed by atoms with E-state index in [1.165, 1.54) is 19.3 Å². The summed E-state index contributed by atoms with van der Waals surface area (Å²) in [7, 11) is 0. The lowest BCUT2D eigenvalue weighted by Crippen LogP contribution is -2.09. The van der Waals surface area contributed by atoms with Crippen LogP contribution in [-0.4, -0.2) is 5.78 Å². The van der Waals surface area contributed by atoms with Gasteiger partial charge in [0.05, 0.1) is 11.8 Å². The lowest BCUT2D eigenvalue weighted by atomic mass is 9.97. The van der Waals surface area contributed by atoms with E-state index in [9.17, 15) is 4.79 Å². The van der Waals surface area contributed by atoms with Gasteiger partial charge in [0.2, 0.25) is 0 Å². The fraction of sp³-hybridized carbons (Fsp3) is 0.615. The summed E-state index contributed by atoms with van der Waals surface area (Å²) in [6.07, 6.45) is 7.35. The monoisotopic (exact) mass is 202 g/mol. The molecular weight excluding hydrogens is 188 g/mol. The van der Waals surface area contributed by atoms with Crippen molar-refractivity contribution < 1.29 is 9.21 Å². The highest BCUT2D eigenvalue weighted by molar-refractivity contribution is 6.00. The van der Waals surface area contributed by atoms with E-state index in [0.29, 0.717) is 11.7 Å². The molecule has 2 heteroatoms. The van der Waals surface area contributed by atoms with E-state index in [4.69, 9.17) is 4.42 Å². The highest BCUT2D eigenvalue weighted by Crippen LogP contribution is 2.69. The number of carbonyl (C=O) groups excluding carboxylic acids is 1. The average Bonchev–Trinajstić information content (AvgIpc) is 2.70. The third-order valence-corrected chi connectivity index (χ3v) is 4.84. The van der Waals surface area contributed by atoms with Crippen LogP contribution in [0.5, 0.6) is 0 Å². The normalized spacial score (nSPS) is 45.5. The van der Waals surface area contributed by atoms with E-state index in [0.717, 1.165) is 29.2 Å². The van der Waals surface area contributed by atoms with Crippen LogP contribution < -0.4 is 0 Å². The largest absolute Gasteiger partial charge is 0.472 e. The van der Waals surface area contributed by atoms with Crippen LogP contribution in [0, 0.1) is 29.6 Å². The van der Waals surface area contributed by atoms with Crippen molar-refractivity contribution in [2.45, 2.75) is 19.3 Å². The topological polar surface area (TPSA) is 30.2 Å². The molecule has 0 amide bonds. The van der Waals surface area contributed by atoms with Gasteiger partial charge >= 0.3 is 0 Å². The van der Waals surface area contributed by atoms with Crippen LogP contribution in [0.1, 0.15) is 29.6 Å². The van der Waals surface area contributed by atoms with Gasteiger partial charge in [0.1, 0.15) is 6.26 Å². The van der Waals surface area contributed by atoms with Crippen molar-refractivity contribution in [2.75, 3.05) is 0 Å². The van der Waals surface area contributed by atoms with Crippen molar-refractivity contribution in [3.8, 4) is 0 Å². The van der Waals surface area contributed by atoms with Gasteiger partial charge in [0.15, 0.2) is 5.78 Å². The molecule has 4 unspecified atom stereocenters. The Balaban J connectivity index is 1.60. The Morgan fingerprint density at radius 3 is 2.60 bits per heavy atom. The van der Waals surface area contributed by atoms with Crippen LogP contribution in [0.4, 0.5) is 0 Å². The zero-order chi connectivity index (χ0) is 9.99. The molecular formula is C13H14O2. The van der Waals surface area contributed by atoms with Gasteiger partial charge in [-0.1, -0.05) is 0 Å². The van der Waals surface area contributed by atoms with Gasteiger partial charge in [0, 0.05) is 5.92 Å². The number of furan rings is 1. The Labute approximate surface area is 88.7 Å². The molecule has 0 N–H and O–H groups in total. The first-order chi connectivity index (χ1) is 7.36. The maximum atomic E-state index is 12.1. The van der Waals surface area contributed by atoms with Crippen molar-refractivity contribution in [1.29, 1.82) is 0 Å². The van der Waals surface area contributed by atoms with Gasteiger partial charge in [-0.05, 0) is 49.0 Å². The first-order valence-corrected chi connectivity index (χ1v) is 5.92. The Bertz CT molecular complexity index is 390. The number of rotatable bonds is 2. The van der Waals surface area contributed by atoms with E-state index >= 15 is 0 Å². The van der Waals surface area contributed by atoms with Crippen LogP contribution in [0.3, 0.4) is 0 Å². The lowest BCUT2D eigenvalue weighted by Gasteiger charge is -2.05. The van der Waals surface area contributed by atoms with E-state index in [1.807, 2.05) is 0 Å². The second-order valence-electron chi connectivity index (χ2n) is 5.39. The van der Waals surface area contributed by atoms with E-state index < -0.39 is 0 Å². The van der Waals surface area contributed by atoms with Crippen molar-refractivity contribution in [3.05, 3.63) is 24.2 Å². The summed E-state index contributed by atoms with van der Waals surface area (Å²) >= 11 is 0. The Hall–Kier alpha value is -1.05. The highest BCUT2D eigenvalue weighted by atomic mass is 16.3. The van der Waals surface area contributed by atoms with Gasteiger partial charge in [-0.25, -0.2) is 0 Å². The number of hydrogen-bond acceptors (Lipinski definition) is 2. The zero-order valence-corrected chi connectivity index (χ0v) is 8.56. The number of ketones is 1. The molecule has 3 saturated carbocycles. The SMILES string of the molecule is O=C(c1ccoc1)C1C2C3CCC(C3)C12. The quantitative estimate of drug-likeness (QED) is 0.690. The molecule has 2 nitrogen and oxygen atoms in total. The number of carbonyl (C=O) groups is 1. The highest BCUT2D eigenvalue weighted by Gasteiger charge is 2.67. The predicted octanol–water partition coefficient (Wildman–Crippen LogP) is 2.75. The Kier molecular flexibility index (Phi) is 1.38. The summed E-state index contributed by atoms with van der Waals surface area (Å²) in [5.41, 5.74) is 0.786. The van der Waals surface area contributed by atoms with E-state index in [1.54, 1.807) is 18.6 Å². The van der Waals surface area contributed by atoms with Crippen molar-refractivity contribution in [3.63, 3.8) is 0 Å². The molecule has 15 heavy (non-hydrogen) atoms.